The summed E-state index contributed by atoms with van der Waals surface area (Å²) in [7, 11) is 1.48. The van der Waals surface area contributed by atoms with Crippen molar-refractivity contribution in [2.24, 2.45) is 0 Å². The highest BCUT2D eigenvalue weighted by Gasteiger charge is 2.27. The van der Waals surface area contributed by atoms with E-state index >= 15 is 0 Å². The van der Waals surface area contributed by atoms with Crippen molar-refractivity contribution in [1.82, 2.24) is 0 Å². The lowest BCUT2D eigenvalue weighted by molar-refractivity contribution is -0.870. The van der Waals surface area contributed by atoms with E-state index in [1.165, 1.54) is 186 Å². The van der Waals surface area contributed by atoms with Crippen LogP contribution in [0.4, 0.5) is 0 Å². The molecule has 0 spiro atoms. The van der Waals surface area contributed by atoms with Gasteiger partial charge >= 0.3 is 19.8 Å². The Kier molecular flexibility index (Phi) is 63.5. The van der Waals surface area contributed by atoms with Crippen LogP contribution in [0.25, 0.3) is 0 Å². The van der Waals surface area contributed by atoms with Crippen LogP contribution in [-0.4, -0.2) is 74.9 Å². The van der Waals surface area contributed by atoms with Crippen LogP contribution in [0.1, 0.15) is 309 Å². The highest BCUT2D eigenvalue weighted by Crippen LogP contribution is 2.43. The maximum atomic E-state index is 12.9. The third kappa shape index (κ3) is 69.8. The molecule has 2 atom stereocenters. The molecule has 0 aliphatic rings. The van der Waals surface area contributed by atoms with Crippen LogP contribution >= 0.6 is 7.82 Å². The number of nitrogens with zero attached hydrogens (tertiary/aromatic N) is 1. The third-order valence-corrected chi connectivity index (χ3v) is 16.3. The number of carbonyl (C=O) groups excluding carboxylic acids is 2. The fourth-order valence-electron chi connectivity index (χ4n) is 9.85. The fraction of sp³-hybridized carbons (Fsp3) is 0.737. The van der Waals surface area contributed by atoms with E-state index in [1.54, 1.807) is 0 Å². The molecule has 0 amide bonds. The van der Waals surface area contributed by atoms with E-state index < -0.39 is 26.5 Å². The summed E-state index contributed by atoms with van der Waals surface area (Å²) in [5.74, 6) is -0.792. The number of quaternary nitrogens is 1. The second-order valence-corrected chi connectivity index (χ2v) is 26.3. The molecule has 0 aromatic rings. The normalized spacial score (nSPS) is 13.8. The van der Waals surface area contributed by atoms with Crippen molar-refractivity contribution in [3.05, 3.63) is 109 Å². The monoisotopic (exact) mass is 1220 g/mol. The molecule has 1 N–H and O–H groups in total. The molecule has 0 saturated carbocycles. The van der Waals surface area contributed by atoms with E-state index in [2.05, 4.69) is 123 Å². The van der Waals surface area contributed by atoms with Gasteiger partial charge in [0, 0.05) is 12.8 Å². The van der Waals surface area contributed by atoms with Gasteiger partial charge in [-0.3, -0.25) is 18.6 Å². The third-order valence-electron chi connectivity index (χ3n) is 15.3. The van der Waals surface area contributed by atoms with Gasteiger partial charge in [-0.25, -0.2) is 4.57 Å². The lowest BCUT2D eigenvalue weighted by atomic mass is 10.0. The lowest BCUT2D eigenvalue weighted by Crippen LogP contribution is -2.37. The Morgan fingerprint density at radius 2 is 0.663 bits per heavy atom. The van der Waals surface area contributed by atoms with Crippen molar-refractivity contribution in [3.63, 3.8) is 0 Å². The number of carbonyl (C=O) groups is 2. The first-order chi connectivity index (χ1) is 42.0. The SMILES string of the molecule is CC/C=C\C/C=C\C/C=C\C/C=C\C/C=C\C/C=C\C/C=C\C/C=C\CCCCCCCCCCCCCCCCCCC(=O)OC(COC(=O)CCCCCCCCCCC/C=C\CCCCCCCCCC)COP(=O)(O)OCC[N+](C)(C)C. The summed E-state index contributed by atoms with van der Waals surface area (Å²) in [4.78, 5) is 35.9. The van der Waals surface area contributed by atoms with Crippen molar-refractivity contribution in [2.45, 2.75) is 315 Å². The molecule has 0 aromatic heterocycles. The summed E-state index contributed by atoms with van der Waals surface area (Å²) in [5, 5.41) is 0. The summed E-state index contributed by atoms with van der Waals surface area (Å²) in [6, 6.07) is 0. The average Bonchev–Trinajstić information content (AvgIpc) is 3.70. The Bertz CT molecular complexity index is 1820. The molecule has 86 heavy (non-hydrogen) atoms. The average molecular weight is 1220 g/mol. The zero-order valence-electron chi connectivity index (χ0n) is 56.5. The molecule has 0 rings (SSSR count). The van der Waals surface area contributed by atoms with Crippen LogP contribution in [0.5, 0.6) is 0 Å². The number of hydrogen-bond donors (Lipinski definition) is 1. The van der Waals surface area contributed by atoms with Crippen LogP contribution in [0.3, 0.4) is 0 Å². The first-order valence-corrected chi connectivity index (χ1v) is 37.1. The van der Waals surface area contributed by atoms with Crippen molar-refractivity contribution >= 4 is 19.8 Å². The Hall–Kier alpha value is -3.33. The number of hydrogen-bond acceptors (Lipinski definition) is 7. The molecule has 0 bridgehead atoms. The smallest absolute Gasteiger partial charge is 0.462 e. The quantitative estimate of drug-likeness (QED) is 0.0211. The molecule has 0 heterocycles. The molecule has 10 heteroatoms. The van der Waals surface area contributed by atoms with Crippen molar-refractivity contribution in [1.29, 1.82) is 0 Å². The molecule has 2 unspecified atom stereocenters. The Morgan fingerprint density at radius 1 is 0.372 bits per heavy atom. The van der Waals surface area contributed by atoms with E-state index in [-0.39, 0.29) is 32.0 Å². The minimum absolute atomic E-state index is 0.0294. The molecule has 0 aliphatic heterocycles. The molecule has 496 valence electrons. The van der Waals surface area contributed by atoms with E-state index in [0.29, 0.717) is 17.4 Å². The first kappa shape index (κ1) is 82.7. The predicted octanol–water partition coefficient (Wildman–Crippen LogP) is 23.3. The van der Waals surface area contributed by atoms with Gasteiger partial charge in [-0.15, -0.1) is 0 Å². The van der Waals surface area contributed by atoms with Gasteiger partial charge in [0.05, 0.1) is 27.7 Å². The van der Waals surface area contributed by atoms with Crippen molar-refractivity contribution in [2.75, 3.05) is 47.5 Å². The van der Waals surface area contributed by atoms with Crippen LogP contribution in [0, 0.1) is 0 Å². The molecular weight excluding hydrogens is 1090 g/mol. The maximum absolute atomic E-state index is 12.9. The maximum Gasteiger partial charge on any atom is 0.472 e. The Balaban J connectivity index is 4.00. The molecule has 0 saturated heterocycles. The van der Waals surface area contributed by atoms with Gasteiger partial charge in [-0.1, -0.05) is 303 Å². The number of rotatable bonds is 65. The number of phosphoric acid groups is 1. The summed E-state index contributed by atoms with van der Waals surface area (Å²) < 4.78 is 34.7. The number of unbranched alkanes of at least 4 members (excludes halogenated alkanes) is 33. The molecule has 9 nitrogen and oxygen atoms in total. The minimum atomic E-state index is -4.39. The van der Waals surface area contributed by atoms with Crippen LogP contribution < -0.4 is 0 Å². The summed E-state index contributed by atoms with van der Waals surface area (Å²) in [6.45, 7) is 4.35. The summed E-state index contributed by atoms with van der Waals surface area (Å²) >= 11 is 0. The largest absolute Gasteiger partial charge is 0.472 e. The molecule has 0 aliphatic carbocycles. The van der Waals surface area contributed by atoms with E-state index in [4.69, 9.17) is 18.5 Å². The van der Waals surface area contributed by atoms with E-state index in [9.17, 15) is 19.0 Å². The minimum Gasteiger partial charge on any atom is -0.462 e. The number of likely N-dealkylation sites (N-methyl/N-ethyl adjacent to an activating group) is 1. The Morgan fingerprint density at radius 3 is 1.00 bits per heavy atom. The highest BCUT2D eigenvalue weighted by molar-refractivity contribution is 7.47. The van der Waals surface area contributed by atoms with Crippen molar-refractivity contribution in [3.8, 4) is 0 Å². The van der Waals surface area contributed by atoms with E-state index in [1.807, 2.05) is 21.1 Å². The fourth-order valence-corrected chi connectivity index (χ4v) is 10.6. The number of phosphoric ester groups is 1. The Labute approximate surface area is 531 Å². The molecule has 0 fully saturated rings. The summed E-state index contributed by atoms with van der Waals surface area (Å²) in [5.41, 5.74) is 0. The van der Waals surface area contributed by atoms with Gasteiger partial charge in [0.15, 0.2) is 6.10 Å². The van der Waals surface area contributed by atoms with Crippen LogP contribution in [0.15, 0.2) is 109 Å². The standard InChI is InChI=1S/C76H134NO8P/c1-6-8-10-12-14-16-18-20-22-24-26-28-29-30-31-32-33-34-35-36-37-38-39-40-41-42-43-44-45-46-47-49-51-53-55-57-59-61-63-65-67-69-76(79)85-74(73-84-86(80,81)83-71-70-77(3,4)5)72-82-75(78)68-66-64-62-60-58-56-54-52-50-48-27-25-23-21-19-17-15-13-11-9-7-2/h8,10,14,16,20,22,25-28,30-31,33-34,36-37,39-40,74H,6-7,9,11-13,15,17-19,21,23-24,29,32,35,38,41-73H2,1-5H3/p+1/b10-8-,16-14-,22-20-,27-25-,28-26-,31-30-,34-33-,37-36-,40-39-. The van der Waals surface area contributed by atoms with Crippen LogP contribution in [-0.2, 0) is 32.7 Å². The highest BCUT2D eigenvalue weighted by atomic mass is 31.2. The van der Waals surface area contributed by atoms with Crippen LogP contribution in [0.2, 0.25) is 0 Å². The predicted molar refractivity (Wildman–Crippen MR) is 371 cm³/mol. The van der Waals surface area contributed by atoms with Gasteiger partial charge in [-0.2, -0.15) is 0 Å². The van der Waals surface area contributed by atoms with Gasteiger partial charge in [-0.05, 0) is 103 Å². The number of allylic oxidation sites excluding steroid dienone is 18. The van der Waals surface area contributed by atoms with Gasteiger partial charge < -0.3 is 18.9 Å². The number of esters is 2. The lowest BCUT2D eigenvalue weighted by Gasteiger charge is -2.24. The summed E-state index contributed by atoms with van der Waals surface area (Å²) in [6.07, 6.45) is 93.4. The van der Waals surface area contributed by atoms with Crippen molar-refractivity contribution < 1.29 is 42.1 Å². The second-order valence-electron chi connectivity index (χ2n) is 24.9. The zero-order chi connectivity index (χ0) is 62.6. The van der Waals surface area contributed by atoms with Gasteiger partial charge in [0.1, 0.15) is 19.8 Å². The van der Waals surface area contributed by atoms with E-state index in [0.717, 1.165) is 89.9 Å². The molecule has 0 aromatic carbocycles. The van der Waals surface area contributed by atoms with Gasteiger partial charge in [0.2, 0.25) is 0 Å². The second kappa shape index (κ2) is 66.1. The zero-order valence-corrected chi connectivity index (χ0v) is 57.4. The van der Waals surface area contributed by atoms with Gasteiger partial charge in [0.25, 0.3) is 0 Å². The molecule has 0 radical (unpaired) electrons. The topological polar surface area (TPSA) is 108 Å². The molecular formula is C76H135NO8P+. The first-order valence-electron chi connectivity index (χ1n) is 35.6. The number of ether oxygens (including phenoxy) is 2.